The topological polar surface area (TPSA) is 15.3 Å². The summed E-state index contributed by atoms with van der Waals surface area (Å²) in [5.74, 6) is 1.11. The second kappa shape index (κ2) is 7.48. The monoisotopic (exact) mass is 280 g/mol. The summed E-state index contributed by atoms with van der Waals surface area (Å²) in [5.41, 5.74) is 0. The number of nitrogens with one attached hydrogen (secondary N) is 1. The summed E-state index contributed by atoms with van der Waals surface area (Å²) >= 11 is 0. The van der Waals surface area contributed by atoms with E-state index in [0.29, 0.717) is 18.4 Å². The molecular formula is C14H27F3N2. The third kappa shape index (κ3) is 6.61. The van der Waals surface area contributed by atoms with E-state index in [2.05, 4.69) is 12.2 Å². The largest absolute Gasteiger partial charge is 0.401 e. The van der Waals surface area contributed by atoms with Crippen LogP contribution in [-0.4, -0.2) is 43.3 Å². The molecule has 2 atom stereocenters. The van der Waals surface area contributed by atoms with Crippen LogP contribution in [0.4, 0.5) is 13.2 Å². The molecule has 19 heavy (non-hydrogen) atoms. The van der Waals surface area contributed by atoms with Crippen LogP contribution in [-0.2, 0) is 0 Å². The molecule has 0 amide bonds. The first-order valence-corrected chi connectivity index (χ1v) is 7.31. The molecule has 1 heterocycles. The van der Waals surface area contributed by atoms with Crippen LogP contribution >= 0.6 is 0 Å². The summed E-state index contributed by atoms with van der Waals surface area (Å²) in [6, 6.07) is -0.0571. The van der Waals surface area contributed by atoms with Crippen LogP contribution in [0.1, 0.15) is 40.0 Å². The molecule has 1 saturated heterocycles. The quantitative estimate of drug-likeness (QED) is 0.803. The minimum atomic E-state index is -4.10. The Morgan fingerprint density at radius 2 is 1.95 bits per heavy atom. The van der Waals surface area contributed by atoms with Gasteiger partial charge in [0.15, 0.2) is 0 Å². The fourth-order valence-electron chi connectivity index (χ4n) is 2.72. The van der Waals surface area contributed by atoms with Crippen molar-refractivity contribution in [2.75, 3.05) is 26.2 Å². The van der Waals surface area contributed by atoms with Gasteiger partial charge in [0.2, 0.25) is 0 Å². The van der Waals surface area contributed by atoms with Gasteiger partial charge in [0.05, 0.1) is 6.54 Å². The van der Waals surface area contributed by atoms with Gasteiger partial charge < -0.3 is 5.32 Å². The predicted molar refractivity (Wildman–Crippen MR) is 72.1 cm³/mol. The third-order valence-corrected chi connectivity index (χ3v) is 4.12. The van der Waals surface area contributed by atoms with E-state index in [9.17, 15) is 13.2 Å². The molecule has 0 aromatic carbocycles. The Labute approximate surface area is 114 Å². The van der Waals surface area contributed by atoms with Crippen molar-refractivity contribution >= 4 is 0 Å². The number of hydrogen-bond donors (Lipinski definition) is 1. The number of nitrogens with zero attached hydrogens (tertiary/aromatic N) is 1. The van der Waals surface area contributed by atoms with Gasteiger partial charge in [0.25, 0.3) is 0 Å². The molecule has 114 valence electrons. The standard InChI is InChI=1S/C14H27F3N2/c1-11(2)19(10-14(15,16)17)8-6-12(3)13-5-4-7-18-9-13/h11-13,18H,4-10H2,1-3H3. The van der Waals surface area contributed by atoms with Gasteiger partial charge in [-0.2, -0.15) is 13.2 Å². The van der Waals surface area contributed by atoms with Crippen molar-refractivity contribution in [1.29, 1.82) is 0 Å². The summed E-state index contributed by atoms with van der Waals surface area (Å²) in [4.78, 5) is 1.53. The second-order valence-corrected chi connectivity index (χ2v) is 6.05. The summed E-state index contributed by atoms with van der Waals surface area (Å²) < 4.78 is 37.5. The highest BCUT2D eigenvalue weighted by atomic mass is 19.4. The highest BCUT2D eigenvalue weighted by Gasteiger charge is 2.32. The summed E-state index contributed by atoms with van der Waals surface area (Å²) in [6.45, 7) is 7.67. The lowest BCUT2D eigenvalue weighted by Gasteiger charge is -2.32. The van der Waals surface area contributed by atoms with Crippen LogP contribution in [0.2, 0.25) is 0 Å². The van der Waals surface area contributed by atoms with Crippen LogP contribution in [0.15, 0.2) is 0 Å². The van der Waals surface area contributed by atoms with E-state index in [1.54, 1.807) is 0 Å². The number of piperidine rings is 1. The van der Waals surface area contributed by atoms with Gasteiger partial charge in [0, 0.05) is 6.04 Å². The lowest BCUT2D eigenvalue weighted by Crippen LogP contribution is -2.41. The average molecular weight is 280 g/mol. The van der Waals surface area contributed by atoms with Gasteiger partial charge in [0.1, 0.15) is 0 Å². The van der Waals surface area contributed by atoms with Crippen molar-refractivity contribution < 1.29 is 13.2 Å². The molecule has 0 aromatic rings. The fourth-order valence-corrected chi connectivity index (χ4v) is 2.72. The lowest BCUT2D eigenvalue weighted by molar-refractivity contribution is -0.150. The number of halogens is 3. The first-order chi connectivity index (χ1) is 8.79. The zero-order valence-electron chi connectivity index (χ0n) is 12.3. The molecule has 0 aromatic heterocycles. The highest BCUT2D eigenvalue weighted by molar-refractivity contribution is 4.76. The van der Waals surface area contributed by atoms with E-state index in [1.807, 2.05) is 13.8 Å². The molecule has 2 nitrogen and oxygen atoms in total. The zero-order valence-corrected chi connectivity index (χ0v) is 12.3. The maximum absolute atomic E-state index is 12.5. The maximum Gasteiger partial charge on any atom is 0.401 e. The van der Waals surface area contributed by atoms with Gasteiger partial charge in [-0.25, -0.2) is 0 Å². The van der Waals surface area contributed by atoms with Crippen LogP contribution < -0.4 is 5.32 Å². The molecule has 5 heteroatoms. The molecule has 0 spiro atoms. The molecule has 1 N–H and O–H groups in total. The van der Waals surface area contributed by atoms with E-state index in [-0.39, 0.29) is 6.04 Å². The Hall–Kier alpha value is -0.290. The summed E-state index contributed by atoms with van der Waals surface area (Å²) in [7, 11) is 0. The number of rotatable bonds is 6. The van der Waals surface area contributed by atoms with Crippen LogP contribution in [0.25, 0.3) is 0 Å². The minimum absolute atomic E-state index is 0.0571. The lowest BCUT2D eigenvalue weighted by atomic mass is 9.85. The molecule has 0 radical (unpaired) electrons. The maximum atomic E-state index is 12.5. The average Bonchev–Trinajstić information content (AvgIpc) is 2.33. The van der Waals surface area contributed by atoms with E-state index >= 15 is 0 Å². The van der Waals surface area contributed by atoms with Crippen LogP contribution in [0, 0.1) is 11.8 Å². The van der Waals surface area contributed by atoms with Crippen molar-refractivity contribution in [1.82, 2.24) is 10.2 Å². The molecule has 1 aliphatic heterocycles. The van der Waals surface area contributed by atoms with E-state index in [0.717, 1.165) is 19.5 Å². The smallest absolute Gasteiger partial charge is 0.316 e. The zero-order chi connectivity index (χ0) is 14.5. The molecule has 1 fully saturated rings. The SMILES string of the molecule is CC(CCN(CC(F)(F)F)C(C)C)C1CCCNC1. The fraction of sp³-hybridized carbons (Fsp3) is 1.00. The van der Waals surface area contributed by atoms with Gasteiger partial charge in [-0.3, -0.25) is 4.90 Å². The van der Waals surface area contributed by atoms with Gasteiger partial charge in [-0.1, -0.05) is 6.92 Å². The van der Waals surface area contributed by atoms with Crippen LogP contribution in [0.5, 0.6) is 0 Å². The Kier molecular flexibility index (Phi) is 6.60. The van der Waals surface area contributed by atoms with E-state index < -0.39 is 12.7 Å². The highest BCUT2D eigenvalue weighted by Crippen LogP contribution is 2.24. The Balaban J connectivity index is 2.38. The molecule has 1 rings (SSSR count). The first-order valence-electron chi connectivity index (χ1n) is 7.31. The minimum Gasteiger partial charge on any atom is -0.316 e. The number of hydrogen-bond acceptors (Lipinski definition) is 2. The normalized spacial score (nSPS) is 23.1. The molecule has 0 saturated carbocycles. The third-order valence-electron chi connectivity index (χ3n) is 4.12. The van der Waals surface area contributed by atoms with Crippen molar-refractivity contribution in [2.24, 2.45) is 11.8 Å². The molecular weight excluding hydrogens is 253 g/mol. The molecule has 2 unspecified atom stereocenters. The molecule has 0 bridgehead atoms. The predicted octanol–water partition coefficient (Wildman–Crippen LogP) is 3.28. The Morgan fingerprint density at radius 1 is 1.26 bits per heavy atom. The van der Waals surface area contributed by atoms with Crippen molar-refractivity contribution in [3.05, 3.63) is 0 Å². The molecule has 0 aliphatic carbocycles. The first kappa shape index (κ1) is 16.8. The van der Waals surface area contributed by atoms with Gasteiger partial charge in [-0.15, -0.1) is 0 Å². The van der Waals surface area contributed by atoms with E-state index in [4.69, 9.17) is 0 Å². The van der Waals surface area contributed by atoms with Crippen molar-refractivity contribution in [3.63, 3.8) is 0 Å². The van der Waals surface area contributed by atoms with Gasteiger partial charge in [-0.05, 0) is 64.6 Å². The summed E-state index contributed by atoms with van der Waals surface area (Å²) in [6.07, 6.45) is -0.860. The van der Waals surface area contributed by atoms with Gasteiger partial charge >= 0.3 is 6.18 Å². The summed E-state index contributed by atoms with van der Waals surface area (Å²) in [5, 5.41) is 3.37. The Bertz CT molecular complexity index is 248. The van der Waals surface area contributed by atoms with Crippen LogP contribution in [0.3, 0.4) is 0 Å². The molecule has 1 aliphatic rings. The van der Waals surface area contributed by atoms with Crippen molar-refractivity contribution in [3.8, 4) is 0 Å². The van der Waals surface area contributed by atoms with Crippen molar-refractivity contribution in [2.45, 2.75) is 52.3 Å². The second-order valence-electron chi connectivity index (χ2n) is 6.05. The Morgan fingerprint density at radius 3 is 2.42 bits per heavy atom. The number of alkyl halides is 3. The van der Waals surface area contributed by atoms with E-state index in [1.165, 1.54) is 17.7 Å².